The van der Waals surface area contributed by atoms with Crippen LogP contribution in [-0.2, 0) is 16.0 Å². The Bertz CT molecular complexity index is 1330. The Morgan fingerprint density at radius 1 is 1.03 bits per heavy atom. The molecule has 0 fully saturated rings. The number of rotatable bonds is 9. The zero-order chi connectivity index (χ0) is 23.0. The predicted molar refractivity (Wildman–Crippen MR) is 137 cm³/mol. The van der Waals surface area contributed by atoms with Gasteiger partial charge in [0.15, 0.2) is 0 Å². The summed E-state index contributed by atoms with van der Waals surface area (Å²) in [6.07, 6.45) is 8.68. The van der Waals surface area contributed by atoms with Gasteiger partial charge in [-0.1, -0.05) is 62.6 Å². The SMILES string of the molecule is CCCCCCc1oc(=Nc2ccccc2)c2sc3ccccc3c2c1/C=C/C(=O)OCC. The van der Waals surface area contributed by atoms with Gasteiger partial charge in [0, 0.05) is 33.5 Å². The lowest BCUT2D eigenvalue weighted by Crippen LogP contribution is -2.06. The molecule has 0 N–H and O–H groups in total. The van der Waals surface area contributed by atoms with Crippen LogP contribution in [0, 0.1) is 0 Å². The second kappa shape index (κ2) is 11.1. The standard InChI is InChI=1S/C28H29NO3S/c1-3-5-6-10-16-23-21(18-19-25(30)31-4-2)26-22-15-11-12-17-24(22)33-27(26)28(32-23)29-20-13-8-7-9-14-20/h7-9,11-15,17-19H,3-6,10,16H2,1-2H3/b19-18+,29-28?. The molecule has 0 bridgehead atoms. The number of unbranched alkanes of at least 4 members (excludes halogenated alkanes) is 3. The van der Waals surface area contributed by atoms with Gasteiger partial charge in [-0.2, -0.15) is 0 Å². The molecule has 0 radical (unpaired) electrons. The molecule has 0 atom stereocenters. The molecule has 0 saturated heterocycles. The van der Waals surface area contributed by atoms with Crippen molar-refractivity contribution in [2.45, 2.75) is 46.0 Å². The smallest absolute Gasteiger partial charge is 0.330 e. The molecule has 2 aromatic heterocycles. The van der Waals surface area contributed by atoms with Crippen LogP contribution < -0.4 is 5.55 Å². The van der Waals surface area contributed by atoms with Gasteiger partial charge in [0.05, 0.1) is 17.0 Å². The molecule has 2 aromatic carbocycles. The van der Waals surface area contributed by atoms with Crippen molar-refractivity contribution in [3.63, 3.8) is 0 Å². The fraction of sp³-hybridized carbons (Fsp3) is 0.286. The molecule has 5 heteroatoms. The molecule has 0 amide bonds. The summed E-state index contributed by atoms with van der Waals surface area (Å²) in [5.41, 5.74) is 2.42. The largest absolute Gasteiger partial charge is 0.463 e. The summed E-state index contributed by atoms with van der Waals surface area (Å²) in [6, 6.07) is 18.2. The van der Waals surface area contributed by atoms with E-state index in [1.54, 1.807) is 11.3 Å². The number of hydrogen-bond acceptors (Lipinski definition) is 5. The Balaban J connectivity index is 1.96. The minimum Gasteiger partial charge on any atom is -0.463 e. The summed E-state index contributed by atoms with van der Waals surface area (Å²) in [4.78, 5) is 17.0. The van der Waals surface area contributed by atoms with Crippen molar-refractivity contribution in [3.8, 4) is 0 Å². The zero-order valence-corrected chi connectivity index (χ0v) is 20.0. The fourth-order valence-electron chi connectivity index (χ4n) is 3.93. The van der Waals surface area contributed by atoms with E-state index in [1.165, 1.54) is 23.6 Å². The molecular formula is C28H29NO3S. The maximum absolute atomic E-state index is 12.1. The number of thiophene rings is 1. The van der Waals surface area contributed by atoms with Crippen molar-refractivity contribution in [2.75, 3.05) is 6.61 Å². The highest BCUT2D eigenvalue weighted by atomic mass is 32.1. The van der Waals surface area contributed by atoms with Crippen LogP contribution in [0.3, 0.4) is 0 Å². The van der Waals surface area contributed by atoms with Crippen molar-refractivity contribution >= 4 is 49.2 Å². The molecule has 33 heavy (non-hydrogen) atoms. The number of para-hydroxylation sites is 1. The van der Waals surface area contributed by atoms with Gasteiger partial charge >= 0.3 is 5.97 Å². The average Bonchev–Trinajstić information content (AvgIpc) is 3.22. The van der Waals surface area contributed by atoms with Gasteiger partial charge < -0.3 is 9.15 Å². The third-order valence-corrected chi connectivity index (χ3v) is 6.66. The fourth-order valence-corrected chi connectivity index (χ4v) is 5.07. The number of carbonyl (C=O) groups is 1. The molecule has 2 heterocycles. The van der Waals surface area contributed by atoms with Crippen LogP contribution in [-0.4, -0.2) is 12.6 Å². The number of fused-ring (bicyclic) bond motifs is 3. The number of nitrogens with zero attached hydrogens (tertiary/aromatic N) is 1. The van der Waals surface area contributed by atoms with E-state index < -0.39 is 0 Å². The molecule has 0 aliphatic carbocycles. The minimum atomic E-state index is -0.347. The number of benzene rings is 2. The van der Waals surface area contributed by atoms with Crippen molar-refractivity contribution < 1.29 is 13.9 Å². The Morgan fingerprint density at radius 3 is 2.61 bits per heavy atom. The molecule has 0 saturated carbocycles. The number of hydrogen-bond donors (Lipinski definition) is 0. The van der Waals surface area contributed by atoms with Gasteiger partial charge in [0.1, 0.15) is 5.76 Å². The van der Waals surface area contributed by atoms with Gasteiger partial charge in [-0.3, -0.25) is 0 Å². The Hall–Kier alpha value is -3.18. The third kappa shape index (κ3) is 5.42. The van der Waals surface area contributed by atoms with Crippen molar-refractivity contribution in [3.05, 3.63) is 77.6 Å². The number of ether oxygens (including phenoxy) is 1. The molecule has 4 aromatic rings. The van der Waals surface area contributed by atoms with Crippen molar-refractivity contribution in [2.24, 2.45) is 4.99 Å². The van der Waals surface area contributed by atoms with E-state index in [1.807, 2.05) is 55.5 Å². The quantitative estimate of drug-likeness (QED) is 0.147. The Labute approximate surface area is 198 Å². The second-order valence-corrected chi connectivity index (χ2v) is 8.94. The highest BCUT2D eigenvalue weighted by molar-refractivity contribution is 7.25. The molecule has 4 nitrogen and oxygen atoms in total. The molecule has 0 aliphatic heterocycles. The normalized spacial score (nSPS) is 12.2. The van der Waals surface area contributed by atoms with Crippen LogP contribution in [0.4, 0.5) is 5.69 Å². The van der Waals surface area contributed by atoms with E-state index in [9.17, 15) is 4.79 Å². The van der Waals surface area contributed by atoms with Gasteiger partial charge in [0.2, 0.25) is 5.55 Å². The first-order valence-corrected chi connectivity index (χ1v) is 12.4. The van der Waals surface area contributed by atoms with Gasteiger partial charge in [0.25, 0.3) is 0 Å². The molecular weight excluding hydrogens is 430 g/mol. The molecule has 4 rings (SSSR count). The highest BCUT2D eigenvalue weighted by Gasteiger charge is 2.17. The second-order valence-electron chi connectivity index (χ2n) is 7.89. The summed E-state index contributed by atoms with van der Waals surface area (Å²) in [5.74, 6) is 0.512. The van der Waals surface area contributed by atoms with Crippen molar-refractivity contribution in [1.29, 1.82) is 0 Å². The topological polar surface area (TPSA) is 51.8 Å². The van der Waals surface area contributed by atoms with Gasteiger partial charge in [-0.25, -0.2) is 9.79 Å². The predicted octanol–water partition coefficient (Wildman–Crippen LogP) is 7.58. The maximum atomic E-state index is 12.1. The van der Waals surface area contributed by atoms with Crippen LogP contribution >= 0.6 is 11.3 Å². The number of aryl methyl sites for hydroxylation is 1. The van der Waals surface area contributed by atoms with Gasteiger partial charge in [-0.15, -0.1) is 11.3 Å². The lowest BCUT2D eigenvalue weighted by atomic mass is 10.0. The van der Waals surface area contributed by atoms with E-state index in [4.69, 9.17) is 14.1 Å². The summed E-state index contributed by atoms with van der Waals surface area (Å²) in [6.45, 7) is 4.37. The highest BCUT2D eigenvalue weighted by Crippen LogP contribution is 2.36. The lowest BCUT2D eigenvalue weighted by Gasteiger charge is -2.09. The number of carbonyl (C=O) groups excluding carboxylic acids is 1. The van der Waals surface area contributed by atoms with Crippen LogP contribution in [0.15, 0.2) is 70.1 Å². The zero-order valence-electron chi connectivity index (χ0n) is 19.2. The molecule has 170 valence electrons. The van der Waals surface area contributed by atoms with E-state index in [0.29, 0.717) is 12.2 Å². The maximum Gasteiger partial charge on any atom is 0.330 e. The van der Waals surface area contributed by atoms with E-state index in [-0.39, 0.29) is 5.97 Å². The molecule has 0 aliphatic rings. The Morgan fingerprint density at radius 2 is 1.82 bits per heavy atom. The first kappa shape index (κ1) is 23.0. The lowest BCUT2D eigenvalue weighted by molar-refractivity contribution is -0.137. The van der Waals surface area contributed by atoms with E-state index in [2.05, 4.69) is 19.1 Å². The van der Waals surface area contributed by atoms with Crippen LogP contribution in [0.25, 0.3) is 26.2 Å². The summed E-state index contributed by atoms with van der Waals surface area (Å²) < 4.78 is 13.8. The van der Waals surface area contributed by atoms with E-state index in [0.717, 1.165) is 51.7 Å². The minimum absolute atomic E-state index is 0.347. The summed E-state index contributed by atoms with van der Waals surface area (Å²) in [7, 11) is 0. The monoisotopic (exact) mass is 459 g/mol. The van der Waals surface area contributed by atoms with Crippen LogP contribution in [0.5, 0.6) is 0 Å². The Kier molecular flexibility index (Phi) is 7.74. The number of esters is 1. The first-order valence-electron chi connectivity index (χ1n) is 11.6. The van der Waals surface area contributed by atoms with Gasteiger partial charge in [-0.05, 0) is 37.6 Å². The first-order chi connectivity index (χ1) is 16.2. The van der Waals surface area contributed by atoms with E-state index >= 15 is 0 Å². The third-order valence-electron chi connectivity index (χ3n) is 5.50. The average molecular weight is 460 g/mol. The van der Waals surface area contributed by atoms with Crippen molar-refractivity contribution in [1.82, 2.24) is 0 Å². The summed E-state index contributed by atoms with van der Waals surface area (Å²) in [5, 5.41) is 2.23. The van der Waals surface area contributed by atoms with Crippen LogP contribution in [0.2, 0.25) is 0 Å². The molecule has 0 spiro atoms. The summed E-state index contributed by atoms with van der Waals surface area (Å²) >= 11 is 1.67. The van der Waals surface area contributed by atoms with Crippen LogP contribution in [0.1, 0.15) is 50.9 Å². The molecule has 0 unspecified atom stereocenters.